The summed E-state index contributed by atoms with van der Waals surface area (Å²) in [7, 11) is 0. The molecule has 0 aliphatic carbocycles. The number of hydrogen-bond acceptors (Lipinski definition) is 2. The Morgan fingerprint density at radius 1 is 1.00 bits per heavy atom. The van der Waals surface area contributed by atoms with Crippen molar-refractivity contribution >= 4 is 0 Å². The Bertz CT molecular complexity index is 557. The van der Waals surface area contributed by atoms with Crippen molar-refractivity contribution in [1.82, 2.24) is 4.98 Å². The van der Waals surface area contributed by atoms with Crippen LogP contribution in [0.4, 0.5) is 0 Å². The van der Waals surface area contributed by atoms with E-state index in [9.17, 15) is 5.11 Å². The van der Waals surface area contributed by atoms with E-state index in [4.69, 9.17) is 0 Å². The van der Waals surface area contributed by atoms with Gasteiger partial charge in [-0.15, -0.1) is 0 Å². The van der Waals surface area contributed by atoms with Crippen LogP contribution in [0, 0.1) is 12.3 Å². The fourth-order valence-corrected chi connectivity index (χ4v) is 2.41. The molecule has 0 saturated heterocycles. The lowest BCUT2D eigenvalue weighted by Gasteiger charge is -2.40. The van der Waals surface area contributed by atoms with E-state index in [1.54, 1.807) is 6.20 Å². The summed E-state index contributed by atoms with van der Waals surface area (Å²) in [5.41, 5.74) is 1.26. The second-order valence-electron chi connectivity index (χ2n) is 6.04. The van der Waals surface area contributed by atoms with Gasteiger partial charge in [0.15, 0.2) is 0 Å². The van der Waals surface area contributed by atoms with E-state index in [0.29, 0.717) is 5.69 Å². The van der Waals surface area contributed by atoms with Crippen LogP contribution in [-0.2, 0) is 5.60 Å². The number of benzene rings is 1. The van der Waals surface area contributed by atoms with Crippen molar-refractivity contribution in [3.8, 4) is 0 Å². The first-order valence-corrected chi connectivity index (χ1v) is 6.57. The molecule has 1 N–H and O–H groups in total. The minimum absolute atomic E-state index is 0.352. The highest BCUT2D eigenvalue weighted by Crippen LogP contribution is 2.43. The van der Waals surface area contributed by atoms with Gasteiger partial charge in [-0.3, -0.25) is 4.98 Å². The predicted octanol–water partition coefficient (Wildman–Crippen LogP) is 3.67. The molecule has 0 saturated carbocycles. The Kier molecular flexibility index (Phi) is 3.46. The summed E-state index contributed by atoms with van der Waals surface area (Å²) >= 11 is 0. The van der Waals surface area contributed by atoms with E-state index >= 15 is 0 Å². The third-order valence-electron chi connectivity index (χ3n) is 3.56. The molecule has 2 aromatic rings. The molecule has 0 bridgehead atoms. The van der Waals surface area contributed by atoms with Gasteiger partial charge in [-0.2, -0.15) is 0 Å². The van der Waals surface area contributed by atoms with Gasteiger partial charge in [-0.05, 0) is 24.6 Å². The summed E-state index contributed by atoms with van der Waals surface area (Å²) in [5, 5.41) is 11.4. The summed E-state index contributed by atoms with van der Waals surface area (Å²) in [5.74, 6) is 0. The maximum atomic E-state index is 11.4. The first-order chi connectivity index (χ1) is 8.85. The third-order valence-corrected chi connectivity index (χ3v) is 3.56. The van der Waals surface area contributed by atoms with Gasteiger partial charge in [0.25, 0.3) is 0 Å². The zero-order chi connectivity index (χ0) is 14.1. The second kappa shape index (κ2) is 4.78. The van der Waals surface area contributed by atoms with E-state index in [0.717, 1.165) is 11.1 Å². The van der Waals surface area contributed by atoms with Gasteiger partial charge in [-0.25, -0.2) is 0 Å². The molecule has 1 heterocycles. The SMILES string of the molecule is Cc1cccc(C(O)(c2ccccn2)C(C)(C)C)c1. The van der Waals surface area contributed by atoms with E-state index in [2.05, 4.69) is 4.98 Å². The molecule has 1 atom stereocenters. The molecule has 1 aromatic heterocycles. The van der Waals surface area contributed by atoms with Gasteiger partial charge in [-0.1, -0.05) is 56.7 Å². The number of pyridine rings is 1. The van der Waals surface area contributed by atoms with Crippen LogP contribution in [0.2, 0.25) is 0 Å². The molecule has 1 aromatic carbocycles. The highest BCUT2D eigenvalue weighted by Gasteiger charge is 2.44. The van der Waals surface area contributed by atoms with Gasteiger partial charge in [0, 0.05) is 11.6 Å². The zero-order valence-corrected chi connectivity index (χ0v) is 12.0. The Labute approximate surface area is 115 Å². The Balaban J connectivity index is 2.66. The topological polar surface area (TPSA) is 33.1 Å². The average Bonchev–Trinajstić information content (AvgIpc) is 2.37. The molecule has 100 valence electrons. The molecule has 0 spiro atoms. The molecular weight excluding hydrogens is 234 g/mol. The van der Waals surface area contributed by atoms with E-state index in [1.165, 1.54) is 0 Å². The summed E-state index contributed by atoms with van der Waals surface area (Å²) in [4.78, 5) is 4.37. The highest BCUT2D eigenvalue weighted by atomic mass is 16.3. The molecule has 2 rings (SSSR count). The lowest BCUT2D eigenvalue weighted by molar-refractivity contribution is -0.0296. The van der Waals surface area contributed by atoms with Crippen molar-refractivity contribution in [1.29, 1.82) is 0 Å². The van der Waals surface area contributed by atoms with Crippen molar-refractivity contribution < 1.29 is 5.11 Å². The van der Waals surface area contributed by atoms with Gasteiger partial charge in [0.1, 0.15) is 5.60 Å². The standard InChI is InChI=1S/C17H21NO/c1-13-8-7-9-14(12-13)17(19,16(2,3)4)15-10-5-6-11-18-15/h5-12,19H,1-4H3. The van der Waals surface area contributed by atoms with Crippen LogP contribution in [0.1, 0.15) is 37.6 Å². The summed E-state index contributed by atoms with van der Waals surface area (Å²) in [6, 6.07) is 13.7. The predicted molar refractivity (Wildman–Crippen MR) is 77.9 cm³/mol. The van der Waals surface area contributed by atoms with E-state index < -0.39 is 5.60 Å². The summed E-state index contributed by atoms with van der Waals surface area (Å²) in [6.07, 6.45) is 1.72. The first kappa shape index (κ1) is 13.8. The second-order valence-corrected chi connectivity index (χ2v) is 6.04. The van der Waals surface area contributed by atoms with Crippen LogP contribution in [0.5, 0.6) is 0 Å². The normalized spacial score (nSPS) is 15.0. The molecule has 1 unspecified atom stereocenters. The van der Waals surface area contributed by atoms with Crippen molar-refractivity contribution in [2.75, 3.05) is 0 Å². The van der Waals surface area contributed by atoms with Crippen LogP contribution < -0.4 is 0 Å². The van der Waals surface area contributed by atoms with Crippen LogP contribution in [0.15, 0.2) is 48.7 Å². The summed E-state index contributed by atoms with van der Waals surface area (Å²) < 4.78 is 0. The molecular formula is C17H21NO. The minimum atomic E-state index is -1.10. The van der Waals surface area contributed by atoms with Gasteiger partial charge in [0.05, 0.1) is 5.69 Å². The summed E-state index contributed by atoms with van der Waals surface area (Å²) in [6.45, 7) is 8.13. The van der Waals surface area contributed by atoms with Crippen LogP contribution in [0.3, 0.4) is 0 Å². The van der Waals surface area contributed by atoms with Gasteiger partial charge >= 0.3 is 0 Å². The maximum absolute atomic E-state index is 11.4. The zero-order valence-electron chi connectivity index (χ0n) is 12.0. The van der Waals surface area contributed by atoms with E-state index in [1.807, 2.05) is 70.2 Å². The quantitative estimate of drug-likeness (QED) is 0.888. The number of hydrogen-bond donors (Lipinski definition) is 1. The van der Waals surface area contributed by atoms with Crippen LogP contribution in [0.25, 0.3) is 0 Å². The third kappa shape index (κ3) is 2.41. The molecule has 2 heteroatoms. The molecule has 0 amide bonds. The number of nitrogens with zero attached hydrogens (tertiary/aromatic N) is 1. The molecule has 0 aliphatic heterocycles. The molecule has 0 aliphatic rings. The lowest BCUT2D eigenvalue weighted by atomic mass is 9.70. The van der Waals surface area contributed by atoms with E-state index in [-0.39, 0.29) is 5.41 Å². The van der Waals surface area contributed by atoms with Gasteiger partial charge < -0.3 is 5.11 Å². The van der Waals surface area contributed by atoms with Crippen LogP contribution >= 0.6 is 0 Å². The van der Waals surface area contributed by atoms with Crippen molar-refractivity contribution in [2.45, 2.75) is 33.3 Å². The fourth-order valence-electron chi connectivity index (χ4n) is 2.41. The minimum Gasteiger partial charge on any atom is -0.378 e. The lowest BCUT2D eigenvalue weighted by Crippen LogP contribution is -2.41. The van der Waals surface area contributed by atoms with Crippen LogP contribution in [-0.4, -0.2) is 10.1 Å². The Morgan fingerprint density at radius 3 is 2.26 bits per heavy atom. The highest BCUT2D eigenvalue weighted by molar-refractivity contribution is 5.36. The molecule has 19 heavy (non-hydrogen) atoms. The van der Waals surface area contributed by atoms with Crippen molar-refractivity contribution in [3.63, 3.8) is 0 Å². The fraction of sp³-hybridized carbons (Fsp3) is 0.353. The average molecular weight is 255 g/mol. The Hall–Kier alpha value is -1.67. The van der Waals surface area contributed by atoms with Crippen molar-refractivity contribution in [2.24, 2.45) is 5.41 Å². The number of aromatic nitrogens is 1. The van der Waals surface area contributed by atoms with Gasteiger partial charge in [0.2, 0.25) is 0 Å². The number of aryl methyl sites for hydroxylation is 1. The Morgan fingerprint density at radius 2 is 1.74 bits per heavy atom. The monoisotopic (exact) mass is 255 g/mol. The molecule has 0 radical (unpaired) electrons. The number of rotatable bonds is 2. The van der Waals surface area contributed by atoms with Crippen molar-refractivity contribution in [3.05, 3.63) is 65.5 Å². The smallest absolute Gasteiger partial charge is 0.136 e. The largest absolute Gasteiger partial charge is 0.378 e. The maximum Gasteiger partial charge on any atom is 0.136 e. The number of aliphatic hydroxyl groups is 1. The molecule has 2 nitrogen and oxygen atoms in total. The first-order valence-electron chi connectivity index (χ1n) is 6.57. The molecule has 0 fully saturated rings.